The number of carboxylic acid groups (broad SMARTS) is 1. The van der Waals surface area contributed by atoms with Gasteiger partial charge >= 0.3 is 5.97 Å². The van der Waals surface area contributed by atoms with Crippen LogP contribution in [0.2, 0.25) is 0 Å². The monoisotopic (exact) mass is 261 g/mol. The van der Waals surface area contributed by atoms with Crippen molar-refractivity contribution in [3.8, 4) is 0 Å². The van der Waals surface area contributed by atoms with Crippen molar-refractivity contribution in [1.82, 2.24) is 14.9 Å². The van der Waals surface area contributed by atoms with Crippen LogP contribution in [0.25, 0.3) is 0 Å². The molecular formula is C9H15N3O4S. The van der Waals surface area contributed by atoms with E-state index < -0.39 is 27.2 Å². The van der Waals surface area contributed by atoms with E-state index in [-0.39, 0.29) is 10.6 Å². The second kappa shape index (κ2) is 4.11. The molecule has 0 aliphatic carbocycles. The molecular weight excluding hydrogens is 246 g/mol. The summed E-state index contributed by atoms with van der Waals surface area (Å²) in [7, 11) is -3.91. The lowest BCUT2D eigenvalue weighted by Gasteiger charge is -2.20. The van der Waals surface area contributed by atoms with Gasteiger partial charge in [0, 0.05) is 5.54 Å². The third kappa shape index (κ3) is 3.04. The smallest absolute Gasteiger partial charge is 0.357 e. The zero-order valence-electron chi connectivity index (χ0n) is 10.0. The van der Waals surface area contributed by atoms with Gasteiger partial charge in [0.1, 0.15) is 4.90 Å². The molecule has 1 rings (SSSR count). The van der Waals surface area contributed by atoms with Gasteiger partial charge in [0.15, 0.2) is 5.69 Å². The Kier molecular flexibility index (Phi) is 3.30. The van der Waals surface area contributed by atoms with E-state index in [4.69, 9.17) is 5.11 Å². The molecule has 0 unspecified atom stereocenters. The van der Waals surface area contributed by atoms with Crippen molar-refractivity contribution in [2.24, 2.45) is 0 Å². The van der Waals surface area contributed by atoms with Crippen molar-refractivity contribution >= 4 is 16.0 Å². The number of nitrogens with zero attached hydrogens (tertiary/aromatic N) is 1. The fourth-order valence-corrected chi connectivity index (χ4v) is 3.09. The molecule has 0 atom stereocenters. The standard InChI is InChI=1S/C9H15N3O4S/c1-5-7(6(8(13)14)11-10-5)17(15,16)12-9(2,3)4/h12H,1-4H3,(H,10,11)(H,13,14). The van der Waals surface area contributed by atoms with E-state index >= 15 is 0 Å². The van der Waals surface area contributed by atoms with Gasteiger partial charge in [-0.1, -0.05) is 0 Å². The minimum absolute atomic E-state index is 0.194. The molecule has 0 saturated carbocycles. The fourth-order valence-electron chi connectivity index (χ4n) is 1.35. The predicted molar refractivity (Wildman–Crippen MR) is 60.4 cm³/mol. The van der Waals surface area contributed by atoms with Crippen LogP contribution in [0.1, 0.15) is 37.0 Å². The number of hydrogen-bond acceptors (Lipinski definition) is 4. The lowest BCUT2D eigenvalue weighted by atomic mass is 10.1. The first-order valence-electron chi connectivity index (χ1n) is 4.87. The average molecular weight is 261 g/mol. The maximum absolute atomic E-state index is 12.0. The summed E-state index contributed by atoms with van der Waals surface area (Å²) in [6.45, 7) is 6.46. The summed E-state index contributed by atoms with van der Waals surface area (Å²) in [5.74, 6) is -1.39. The highest BCUT2D eigenvalue weighted by Gasteiger charge is 2.31. The summed E-state index contributed by atoms with van der Waals surface area (Å²) >= 11 is 0. The van der Waals surface area contributed by atoms with Gasteiger partial charge < -0.3 is 5.11 Å². The van der Waals surface area contributed by atoms with E-state index in [9.17, 15) is 13.2 Å². The number of aromatic nitrogens is 2. The molecule has 3 N–H and O–H groups in total. The Balaban J connectivity index is 3.34. The van der Waals surface area contributed by atoms with E-state index in [2.05, 4.69) is 14.9 Å². The van der Waals surface area contributed by atoms with Crippen LogP contribution >= 0.6 is 0 Å². The molecule has 7 nitrogen and oxygen atoms in total. The maximum atomic E-state index is 12.0. The van der Waals surface area contributed by atoms with Crippen molar-refractivity contribution in [3.05, 3.63) is 11.4 Å². The first-order chi connectivity index (χ1) is 7.54. The molecule has 96 valence electrons. The first kappa shape index (κ1) is 13.7. The molecule has 0 aliphatic heterocycles. The number of hydrogen-bond donors (Lipinski definition) is 3. The number of H-pyrrole nitrogens is 1. The SMILES string of the molecule is Cc1[nH]nc(C(=O)O)c1S(=O)(=O)NC(C)(C)C. The molecule has 17 heavy (non-hydrogen) atoms. The van der Waals surface area contributed by atoms with Crippen molar-refractivity contribution in [3.63, 3.8) is 0 Å². The molecule has 1 aromatic heterocycles. The van der Waals surface area contributed by atoms with Crippen LogP contribution < -0.4 is 4.72 Å². The van der Waals surface area contributed by atoms with E-state index in [1.165, 1.54) is 6.92 Å². The molecule has 0 radical (unpaired) electrons. The van der Waals surface area contributed by atoms with E-state index in [0.29, 0.717) is 0 Å². The zero-order valence-corrected chi connectivity index (χ0v) is 10.8. The topological polar surface area (TPSA) is 112 Å². The number of aromatic amines is 1. The molecule has 0 aromatic carbocycles. The second-order valence-electron chi connectivity index (χ2n) is 4.69. The summed E-state index contributed by atoms with van der Waals surface area (Å²) < 4.78 is 26.4. The summed E-state index contributed by atoms with van der Waals surface area (Å²) in [5.41, 5.74) is -1.00. The van der Waals surface area contributed by atoms with Crippen molar-refractivity contribution in [1.29, 1.82) is 0 Å². The number of aromatic carboxylic acids is 1. The molecule has 1 heterocycles. The van der Waals surface area contributed by atoms with Gasteiger partial charge in [-0.05, 0) is 27.7 Å². The normalized spacial score (nSPS) is 12.7. The van der Waals surface area contributed by atoms with Gasteiger partial charge in [0.2, 0.25) is 10.0 Å². The molecule has 0 saturated heterocycles. The molecule has 0 amide bonds. The quantitative estimate of drug-likeness (QED) is 0.733. The van der Waals surface area contributed by atoms with Crippen LogP contribution in [0.3, 0.4) is 0 Å². The Morgan fingerprint density at radius 1 is 1.41 bits per heavy atom. The van der Waals surface area contributed by atoms with E-state index in [1.807, 2.05) is 0 Å². The second-order valence-corrected chi connectivity index (χ2v) is 6.31. The van der Waals surface area contributed by atoms with Crippen LogP contribution in [-0.2, 0) is 10.0 Å². The number of carboxylic acids is 1. The lowest BCUT2D eigenvalue weighted by molar-refractivity contribution is 0.0686. The van der Waals surface area contributed by atoms with Crippen LogP contribution in [0.5, 0.6) is 0 Å². The first-order valence-corrected chi connectivity index (χ1v) is 6.35. The van der Waals surface area contributed by atoms with Crippen LogP contribution in [0.4, 0.5) is 0 Å². The summed E-state index contributed by atoms with van der Waals surface area (Å²) in [6, 6.07) is 0. The highest BCUT2D eigenvalue weighted by molar-refractivity contribution is 7.89. The maximum Gasteiger partial charge on any atom is 0.357 e. The Labute approximate surface area is 99.3 Å². The number of carbonyl (C=O) groups is 1. The summed E-state index contributed by atoms with van der Waals surface area (Å²) in [4.78, 5) is 10.6. The van der Waals surface area contributed by atoms with Gasteiger partial charge in [-0.25, -0.2) is 17.9 Å². The van der Waals surface area contributed by atoms with Crippen molar-refractivity contribution in [2.45, 2.75) is 38.1 Å². The predicted octanol–water partition coefficient (Wildman–Crippen LogP) is 0.493. The molecule has 0 fully saturated rings. The number of aryl methyl sites for hydroxylation is 1. The highest BCUT2D eigenvalue weighted by atomic mass is 32.2. The number of rotatable bonds is 3. The Morgan fingerprint density at radius 3 is 2.35 bits per heavy atom. The Bertz CT molecular complexity index is 539. The third-order valence-electron chi connectivity index (χ3n) is 1.80. The minimum atomic E-state index is -3.91. The van der Waals surface area contributed by atoms with E-state index in [1.54, 1.807) is 20.8 Å². The average Bonchev–Trinajstić information content (AvgIpc) is 2.42. The van der Waals surface area contributed by atoms with Gasteiger partial charge in [0.25, 0.3) is 0 Å². The molecule has 0 bridgehead atoms. The minimum Gasteiger partial charge on any atom is -0.476 e. The van der Waals surface area contributed by atoms with E-state index in [0.717, 1.165) is 0 Å². The van der Waals surface area contributed by atoms with Crippen LogP contribution in [0, 0.1) is 6.92 Å². The van der Waals surface area contributed by atoms with Gasteiger partial charge in [-0.15, -0.1) is 0 Å². The zero-order chi connectivity index (χ0) is 13.4. The van der Waals surface area contributed by atoms with Gasteiger partial charge in [0.05, 0.1) is 5.69 Å². The molecule has 1 aromatic rings. The molecule has 0 aliphatic rings. The Hall–Kier alpha value is -1.41. The van der Waals surface area contributed by atoms with Gasteiger partial charge in [-0.3, -0.25) is 5.10 Å². The van der Waals surface area contributed by atoms with Crippen molar-refractivity contribution < 1.29 is 18.3 Å². The number of nitrogens with one attached hydrogen (secondary N) is 2. The largest absolute Gasteiger partial charge is 0.476 e. The summed E-state index contributed by atoms with van der Waals surface area (Å²) in [6.07, 6.45) is 0. The third-order valence-corrected chi connectivity index (χ3v) is 3.72. The number of sulfonamides is 1. The van der Waals surface area contributed by atoms with Crippen LogP contribution in [-0.4, -0.2) is 35.2 Å². The van der Waals surface area contributed by atoms with Gasteiger partial charge in [-0.2, -0.15) is 5.10 Å². The lowest BCUT2D eigenvalue weighted by Crippen LogP contribution is -2.41. The fraction of sp³-hybridized carbons (Fsp3) is 0.556. The van der Waals surface area contributed by atoms with Crippen molar-refractivity contribution in [2.75, 3.05) is 0 Å². The molecule has 8 heteroatoms. The highest BCUT2D eigenvalue weighted by Crippen LogP contribution is 2.19. The molecule has 0 spiro atoms. The van der Waals surface area contributed by atoms with Crippen LogP contribution in [0.15, 0.2) is 4.90 Å². The summed E-state index contributed by atoms with van der Waals surface area (Å²) in [5, 5.41) is 14.7. The Morgan fingerprint density at radius 2 is 1.94 bits per heavy atom.